The first-order chi connectivity index (χ1) is 12.7. The van der Waals surface area contributed by atoms with Gasteiger partial charge in [0.05, 0.1) is 0 Å². The topological polar surface area (TPSA) is 88.5 Å². The molecule has 0 saturated carbocycles. The lowest BCUT2D eigenvalue weighted by molar-refractivity contribution is -0.116. The van der Waals surface area contributed by atoms with Crippen LogP contribution in [0.15, 0.2) is 48.8 Å². The minimum atomic E-state index is -0.224. The maximum absolute atomic E-state index is 12.3. The largest absolute Gasteiger partial charge is 0.341 e. The lowest BCUT2D eigenvalue weighted by Crippen LogP contribution is -2.19. The number of aryl methyl sites for hydroxylation is 1. The number of para-hydroxylation sites is 1. The number of amides is 1. The van der Waals surface area contributed by atoms with Crippen LogP contribution in [0.5, 0.6) is 0 Å². The third-order valence-corrected chi connectivity index (χ3v) is 4.31. The number of benzene rings is 2. The Kier molecular flexibility index (Phi) is 3.86. The number of fused-ring (bicyclic) bond motifs is 3. The SMILES string of the molecule is CCn1c2ccccc2c2cc(NC(=O)Cn3cnc(C#N)n3)ccc21. The number of nitrogens with one attached hydrogen (secondary N) is 1. The lowest BCUT2D eigenvalue weighted by Gasteiger charge is -2.06. The molecule has 0 saturated heterocycles. The van der Waals surface area contributed by atoms with Crippen LogP contribution in [0.2, 0.25) is 0 Å². The van der Waals surface area contributed by atoms with Gasteiger partial charge < -0.3 is 9.88 Å². The number of hydrogen-bond donors (Lipinski definition) is 1. The molecule has 0 aliphatic rings. The summed E-state index contributed by atoms with van der Waals surface area (Å²) >= 11 is 0. The molecule has 26 heavy (non-hydrogen) atoms. The molecule has 0 spiro atoms. The average molecular weight is 344 g/mol. The first-order valence-corrected chi connectivity index (χ1v) is 8.30. The predicted octanol–water partition coefficient (Wildman–Crippen LogP) is 2.92. The number of aromatic nitrogens is 4. The normalized spacial score (nSPS) is 10.9. The number of carbonyl (C=O) groups is 1. The summed E-state index contributed by atoms with van der Waals surface area (Å²) in [6.07, 6.45) is 1.37. The van der Waals surface area contributed by atoms with Gasteiger partial charge in [-0.2, -0.15) is 5.26 Å². The highest BCUT2D eigenvalue weighted by atomic mass is 16.2. The fourth-order valence-electron chi connectivity index (χ4n) is 3.24. The highest BCUT2D eigenvalue weighted by Crippen LogP contribution is 2.30. The Balaban J connectivity index is 1.64. The van der Waals surface area contributed by atoms with Crippen molar-refractivity contribution in [1.29, 1.82) is 5.26 Å². The molecule has 128 valence electrons. The number of hydrogen-bond acceptors (Lipinski definition) is 4. The highest BCUT2D eigenvalue weighted by Gasteiger charge is 2.11. The minimum Gasteiger partial charge on any atom is -0.341 e. The smallest absolute Gasteiger partial charge is 0.252 e. The molecular weight excluding hydrogens is 328 g/mol. The van der Waals surface area contributed by atoms with Gasteiger partial charge >= 0.3 is 0 Å². The van der Waals surface area contributed by atoms with Gasteiger partial charge in [-0.15, -0.1) is 5.10 Å². The van der Waals surface area contributed by atoms with Crippen LogP contribution in [0.25, 0.3) is 21.8 Å². The van der Waals surface area contributed by atoms with Gasteiger partial charge in [0, 0.05) is 34.0 Å². The minimum absolute atomic E-state index is 0.00341. The van der Waals surface area contributed by atoms with Crippen LogP contribution < -0.4 is 5.32 Å². The third kappa shape index (κ3) is 2.67. The van der Waals surface area contributed by atoms with Crippen molar-refractivity contribution < 1.29 is 4.79 Å². The third-order valence-electron chi connectivity index (χ3n) is 4.31. The number of rotatable bonds is 4. The monoisotopic (exact) mass is 344 g/mol. The summed E-state index contributed by atoms with van der Waals surface area (Å²) < 4.78 is 3.60. The van der Waals surface area contributed by atoms with E-state index in [1.54, 1.807) is 0 Å². The first-order valence-electron chi connectivity index (χ1n) is 8.30. The predicted molar refractivity (Wildman–Crippen MR) is 98.5 cm³/mol. The summed E-state index contributed by atoms with van der Waals surface area (Å²) in [6.45, 7) is 3.00. The Labute approximate surface area is 149 Å². The summed E-state index contributed by atoms with van der Waals surface area (Å²) in [4.78, 5) is 16.0. The van der Waals surface area contributed by atoms with Crippen molar-refractivity contribution in [3.8, 4) is 6.07 Å². The van der Waals surface area contributed by atoms with Crippen molar-refractivity contribution in [2.75, 3.05) is 5.32 Å². The zero-order chi connectivity index (χ0) is 18.1. The van der Waals surface area contributed by atoms with Gasteiger partial charge in [-0.3, -0.25) is 4.79 Å². The Hall–Kier alpha value is -3.66. The summed E-state index contributed by atoms with van der Waals surface area (Å²) in [5, 5.41) is 17.8. The molecule has 1 N–H and O–H groups in total. The lowest BCUT2D eigenvalue weighted by atomic mass is 10.1. The van der Waals surface area contributed by atoms with Crippen LogP contribution in [0.3, 0.4) is 0 Å². The highest BCUT2D eigenvalue weighted by molar-refractivity contribution is 6.09. The fraction of sp³-hybridized carbons (Fsp3) is 0.158. The van der Waals surface area contributed by atoms with Gasteiger partial charge in [0.25, 0.3) is 5.82 Å². The van der Waals surface area contributed by atoms with Gasteiger partial charge in [-0.25, -0.2) is 9.67 Å². The van der Waals surface area contributed by atoms with Crippen molar-refractivity contribution in [2.45, 2.75) is 20.0 Å². The summed E-state index contributed by atoms with van der Waals surface area (Å²) in [6, 6.07) is 16.0. The Morgan fingerprint density at radius 3 is 2.77 bits per heavy atom. The number of anilines is 1. The van der Waals surface area contributed by atoms with Gasteiger partial charge in [0.2, 0.25) is 5.91 Å². The van der Waals surface area contributed by atoms with Crippen molar-refractivity contribution in [2.24, 2.45) is 0 Å². The van der Waals surface area contributed by atoms with E-state index < -0.39 is 0 Å². The van der Waals surface area contributed by atoms with Gasteiger partial charge in [0.15, 0.2) is 0 Å². The number of nitrogens with zero attached hydrogens (tertiary/aromatic N) is 5. The quantitative estimate of drug-likeness (QED) is 0.616. The molecule has 0 bridgehead atoms. The van der Waals surface area contributed by atoms with Crippen LogP contribution in [-0.4, -0.2) is 25.2 Å². The van der Waals surface area contributed by atoms with E-state index in [2.05, 4.69) is 39.0 Å². The van der Waals surface area contributed by atoms with Crippen molar-refractivity contribution in [1.82, 2.24) is 19.3 Å². The number of nitriles is 1. The molecule has 1 amide bonds. The molecule has 0 radical (unpaired) electrons. The van der Waals surface area contributed by atoms with Crippen LogP contribution >= 0.6 is 0 Å². The maximum atomic E-state index is 12.3. The molecule has 2 heterocycles. The Morgan fingerprint density at radius 1 is 1.19 bits per heavy atom. The summed E-state index contributed by atoms with van der Waals surface area (Å²) in [5.74, 6) is -0.176. The van der Waals surface area contributed by atoms with Gasteiger partial charge in [0.1, 0.15) is 18.9 Å². The van der Waals surface area contributed by atoms with Crippen molar-refractivity contribution in [3.05, 3.63) is 54.6 Å². The van der Waals surface area contributed by atoms with Crippen molar-refractivity contribution in [3.63, 3.8) is 0 Å². The second-order valence-corrected chi connectivity index (χ2v) is 5.92. The summed E-state index contributed by atoms with van der Waals surface area (Å²) in [7, 11) is 0. The molecule has 2 aromatic carbocycles. The zero-order valence-electron chi connectivity index (χ0n) is 14.2. The second-order valence-electron chi connectivity index (χ2n) is 5.92. The van der Waals surface area contributed by atoms with Crippen LogP contribution in [0, 0.1) is 11.3 Å². The standard InChI is InChI=1S/C19H16N6O/c1-2-25-16-6-4-3-5-14(16)15-9-13(7-8-17(15)25)22-19(26)11-24-12-21-18(10-20)23-24/h3-9,12H,2,11H2,1H3,(H,22,26). The molecule has 7 nitrogen and oxygen atoms in total. The van der Waals surface area contributed by atoms with E-state index in [0.29, 0.717) is 0 Å². The molecule has 0 unspecified atom stereocenters. The van der Waals surface area contributed by atoms with E-state index >= 15 is 0 Å². The first kappa shape index (κ1) is 15.8. The maximum Gasteiger partial charge on any atom is 0.252 e. The summed E-state index contributed by atoms with van der Waals surface area (Å²) in [5.41, 5.74) is 3.05. The molecule has 7 heteroatoms. The van der Waals surface area contributed by atoms with Gasteiger partial charge in [-0.05, 0) is 31.2 Å². The Morgan fingerprint density at radius 2 is 2.00 bits per heavy atom. The molecule has 4 aromatic rings. The van der Waals surface area contributed by atoms with Crippen LogP contribution in [0.1, 0.15) is 12.7 Å². The zero-order valence-corrected chi connectivity index (χ0v) is 14.2. The van der Waals surface area contributed by atoms with Crippen LogP contribution in [-0.2, 0) is 17.9 Å². The Bertz CT molecular complexity index is 1160. The molecule has 0 atom stereocenters. The van der Waals surface area contributed by atoms with Crippen LogP contribution in [0.4, 0.5) is 5.69 Å². The fourth-order valence-corrected chi connectivity index (χ4v) is 3.24. The van der Waals surface area contributed by atoms with E-state index in [1.165, 1.54) is 16.5 Å². The number of carbonyl (C=O) groups excluding carboxylic acids is 1. The van der Waals surface area contributed by atoms with E-state index in [4.69, 9.17) is 5.26 Å². The molecule has 0 aliphatic carbocycles. The molecule has 0 aliphatic heterocycles. The average Bonchev–Trinajstić information content (AvgIpc) is 3.23. The second kappa shape index (κ2) is 6.33. The van der Waals surface area contributed by atoms with E-state index in [0.717, 1.165) is 28.5 Å². The van der Waals surface area contributed by atoms with Gasteiger partial charge in [-0.1, -0.05) is 18.2 Å². The molecule has 2 aromatic heterocycles. The molecule has 4 rings (SSSR count). The van der Waals surface area contributed by atoms with E-state index in [9.17, 15) is 4.79 Å². The van der Waals surface area contributed by atoms with E-state index in [-0.39, 0.29) is 18.3 Å². The molecule has 0 fully saturated rings. The molecular formula is C19H16N6O. The van der Waals surface area contributed by atoms with E-state index in [1.807, 2.05) is 36.4 Å². The van der Waals surface area contributed by atoms with Crippen molar-refractivity contribution >= 4 is 33.4 Å².